The molecule has 2 N–H and O–H groups in total. The van der Waals surface area contributed by atoms with Crippen LogP contribution in [0.3, 0.4) is 0 Å². The van der Waals surface area contributed by atoms with Crippen LogP contribution in [0, 0.1) is 0 Å². The smallest absolute Gasteiger partial charge is 0.273 e. The number of H-pyrrole nitrogens is 1. The van der Waals surface area contributed by atoms with E-state index in [1.54, 1.807) is 48.6 Å². The molecule has 8 nitrogen and oxygen atoms in total. The van der Waals surface area contributed by atoms with Gasteiger partial charge in [0.05, 0.1) is 26.0 Å². The molecule has 2 aromatic carbocycles. The lowest BCUT2D eigenvalue weighted by molar-refractivity contribution is 0.0716. The normalized spacial score (nSPS) is 14.7. The highest BCUT2D eigenvalue weighted by molar-refractivity contribution is 6.31. The lowest BCUT2D eigenvalue weighted by atomic mass is 9.95. The number of fused-ring (bicyclic) bond motifs is 1. The fraction of sp³-hybridized carbons (Fsp3) is 0.154. The van der Waals surface area contributed by atoms with Crippen molar-refractivity contribution in [3.8, 4) is 28.5 Å². The van der Waals surface area contributed by atoms with Crippen molar-refractivity contribution in [1.29, 1.82) is 0 Å². The second-order valence-corrected chi connectivity index (χ2v) is 8.38. The molecule has 1 unspecified atom stereocenters. The van der Waals surface area contributed by atoms with E-state index in [2.05, 4.69) is 16.8 Å². The first-order valence-corrected chi connectivity index (χ1v) is 11.2. The standard InChI is InChI=1S/C26H22ClN3O5/c1-3-10-35-20-9-6-15(12-21(20)33-2)25-22-23(18-13-16(27)7-8-19(18)31)28-29-24(22)26(32)30(25)14-17-5-4-11-34-17/h3-9,11-13,25,31H,1,10,14H2,2H3,(H,28,29). The van der Waals surface area contributed by atoms with E-state index in [0.717, 1.165) is 5.56 Å². The van der Waals surface area contributed by atoms with Crippen LogP contribution >= 0.6 is 11.6 Å². The van der Waals surface area contributed by atoms with Crippen molar-refractivity contribution in [3.05, 3.63) is 95.1 Å². The Hall–Kier alpha value is -4.17. The molecule has 2 aromatic heterocycles. The number of aromatic hydroxyl groups is 1. The van der Waals surface area contributed by atoms with E-state index in [9.17, 15) is 9.90 Å². The van der Waals surface area contributed by atoms with Crippen molar-refractivity contribution in [2.75, 3.05) is 13.7 Å². The second-order valence-electron chi connectivity index (χ2n) is 7.95. The Morgan fingerprint density at radius 1 is 1.26 bits per heavy atom. The van der Waals surface area contributed by atoms with Crippen LogP contribution in [0.1, 0.15) is 33.4 Å². The summed E-state index contributed by atoms with van der Waals surface area (Å²) in [5.41, 5.74) is 2.59. The van der Waals surface area contributed by atoms with Crippen LogP contribution in [0.4, 0.5) is 0 Å². The molecule has 178 valence electrons. The number of nitrogens with one attached hydrogen (secondary N) is 1. The van der Waals surface area contributed by atoms with Gasteiger partial charge in [0.15, 0.2) is 11.5 Å². The number of benzene rings is 2. The number of aromatic nitrogens is 2. The molecule has 1 aliphatic heterocycles. The van der Waals surface area contributed by atoms with E-state index in [1.807, 2.05) is 18.2 Å². The first kappa shape index (κ1) is 22.6. The zero-order chi connectivity index (χ0) is 24.5. The molecule has 5 rings (SSSR count). The van der Waals surface area contributed by atoms with Crippen LogP contribution in [0.25, 0.3) is 11.3 Å². The number of halogens is 1. The zero-order valence-electron chi connectivity index (χ0n) is 18.8. The van der Waals surface area contributed by atoms with E-state index in [1.165, 1.54) is 6.07 Å². The molecule has 1 amide bonds. The number of hydrogen-bond acceptors (Lipinski definition) is 6. The maximum atomic E-state index is 13.5. The van der Waals surface area contributed by atoms with Crippen molar-refractivity contribution in [1.82, 2.24) is 15.1 Å². The van der Waals surface area contributed by atoms with E-state index in [0.29, 0.717) is 51.4 Å². The van der Waals surface area contributed by atoms with Crippen molar-refractivity contribution in [2.24, 2.45) is 0 Å². The lowest BCUT2D eigenvalue weighted by Crippen LogP contribution is -2.29. The van der Waals surface area contributed by atoms with Crippen LogP contribution in [-0.4, -0.2) is 39.8 Å². The minimum Gasteiger partial charge on any atom is -0.507 e. The Labute approximate surface area is 206 Å². The van der Waals surface area contributed by atoms with Gasteiger partial charge in [0.1, 0.15) is 29.5 Å². The largest absolute Gasteiger partial charge is 0.507 e. The number of aromatic amines is 1. The first-order valence-electron chi connectivity index (χ1n) is 10.8. The molecule has 1 aliphatic rings. The van der Waals surface area contributed by atoms with Gasteiger partial charge in [-0.15, -0.1) is 0 Å². The quantitative estimate of drug-likeness (QED) is 0.322. The lowest BCUT2D eigenvalue weighted by Gasteiger charge is -2.26. The van der Waals surface area contributed by atoms with E-state index < -0.39 is 6.04 Å². The predicted molar refractivity (Wildman–Crippen MR) is 130 cm³/mol. The van der Waals surface area contributed by atoms with Crippen molar-refractivity contribution in [3.63, 3.8) is 0 Å². The summed E-state index contributed by atoms with van der Waals surface area (Å²) in [6, 6.07) is 13.2. The summed E-state index contributed by atoms with van der Waals surface area (Å²) in [5, 5.41) is 18.3. The van der Waals surface area contributed by atoms with Crippen LogP contribution in [0.5, 0.6) is 17.2 Å². The molecule has 1 atom stereocenters. The number of nitrogens with zero attached hydrogens (tertiary/aromatic N) is 2. The topological polar surface area (TPSA) is 101 Å². The minimum absolute atomic E-state index is 0.00476. The number of hydrogen-bond donors (Lipinski definition) is 2. The Morgan fingerprint density at radius 3 is 2.86 bits per heavy atom. The average molecular weight is 492 g/mol. The second kappa shape index (κ2) is 9.23. The number of amides is 1. The van der Waals surface area contributed by atoms with Gasteiger partial charge in [0.25, 0.3) is 5.91 Å². The fourth-order valence-electron chi connectivity index (χ4n) is 4.30. The van der Waals surface area contributed by atoms with Gasteiger partial charge in [-0.3, -0.25) is 9.89 Å². The molecule has 0 spiro atoms. The highest BCUT2D eigenvalue weighted by Crippen LogP contribution is 2.46. The van der Waals surface area contributed by atoms with E-state index in [-0.39, 0.29) is 18.2 Å². The minimum atomic E-state index is -0.544. The molecule has 0 saturated carbocycles. The van der Waals surface area contributed by atoms with Crippen LogP contribution in [0.15, 0.2) is 71.9 Å². The third-order valence-electron chi connectivity index (χ3n) is 5.84. The molecular formula is C26H22ClN3O5. The third kappa shape index (κ3) is 4.02. The van der Waals surface area contributed by atoms with Gasteiger partial charge < -0.3 is 23.9 Å². The highest BCUT2D eigenvalue weighted by atomic mass is 35.5. The molecule has 35 heavy (non-hydrogen) atoms. The molecule has 0 saturated heterocycles. The van der Waals surface area contributed by atoms with Crippen LogP contribution in [0.2, 0.25) is 5.02 Å². The molecule has 9 heteroatoms. The Bertz CT molecular complexity index is 1400. The number of carbonyl (C=O) groups is 1. The van der Waals surface area contributed by atoms with Crippen LogP contribution < -0.4 is 9.47 Å². The van der Waals surface area contributed by atoms with Gasteiger partial charge >= 0.3 is 0 Å². The van der Waals surface area contributed by atoms with E-state index >= 15 is 0 Å². The summed E-state index contributed by atoms with van der Waals surface area (Å²) in [6.07, 6.45) is 3.21. The SMILES string of the molecule is C=CCOc1ccc(C2c3c(-c4cc(Cl)ccc4O)n[nH]c3C(=O)N2Cc2ccco2)cc1OC. The van der Waals surface area contributed by atoms with Gasteiger partial charge in [0, 0.05) is 16.1 Å². The summed E-state index contributed by atoms with van der Waals surface area (Å²) in [5.74, 6) is 1.46. The summed E-state index contributed by atoms with van der Waals surface area (Å²) >= 11 is 6.21. The third-order valence-corrected chi connectivity index (χ3v) is 6.08. The molecule has 3 heterocycles. The number of phenols is 1. The van der Waals surface area contributed by atoms with Gasteiger partial charge in [-0.1, -0.05) is 30.3 Å². The zero-order valence-corrected chi connectivity index (χ0v) is 19.6. The first-order chi connectivity index (χ1) is 17.0. The Balaban J connectivity index is 1.66. The number of furan rings is 1. The fourth-order valence-corrected chi connectivity index (χ4v) is 4.47. The van der Waals surface area contributed by atoms with Crippen molar-refractivity contribution in [2.45, 2.75) is 12.6 Å². The molecule has 0 fully saturated rings. The summed E-state index contributed by atoms with van der Waals surface area (Å²) in [6.45, 7) is 4.24. The van der Waals surface area contributed by atoms with Crippen molar-refractivity contribution < 1.29 is 23.8 Å². The number of carbonyl (C=O) groups excluding carboxylic acids is 1. The molecule has 0 radical (unpaired) electrons. The average Bonchev–Trinajstić information content (AvgIpc) is 3.59. The number of ether oxygens (including phenoxy) is 2. The highest BCUT2D eigenvalue weighted by Gasteiger charge is 2.43. The Kier molecular flexibility index (Phi) is 5.96. The Morgan fingerprint density at radius 2 is 2.11 bits per heavy atom. The number of rotatable bonds is 8. The molecule has 0 bridgehead atoms. The maximum Gasteiger partial charge on any atom is 0.273 e. The number of phenolic OH excluding ortho intramolecular Hbond substituents is 1. The summed E-state index contributed by atoms with van der Waals surface area (Å²) in [7, 11) is 1.55. The molecule has 0 aliphatic carbocycles. The van der Waals surface area contributed by atoms with Gasteiger partial charge in [0.2, 0.25) is 0 Å². The van der Waals surface area contributed by atoms with E-state index in [4.69, 9.17) is 25.5 Å². The molecular weight excluding hydrogens is 470 g/mol. The van der Waals surface area contributed by atoms with Gasteiger partial charge in [-0.05, 0) is 48.0 Å². The summed E-state index contributed by atoms with van der Waals surface area (Å²) < 4.78 is 16.8. The maximum absolute atomic E-state index is 13.5. The van der Waals surface area contributed by atoms with Gasteiger partial charge in [-0.2, -0.15) is 5.10 Å². The molecule has 4 aromatic rings. The number of methoxy groups -OCH3 is 1. The van der Waals surface area contributed by atoms with Crippen molar-refractivity contribution >= 4 is 17.5 Å². The van der Waals surface area contributed by atoms with Gasteiger partial charge in [-0.25, -0.2) is 0 Å². The summed E-state index contributed by atoms with van der Waals surface area (Å²) in [4.78, 5) is 15.2. The van der Waals surface area contributed by atoms with Crippen LogP contribution in [-0.2, 0) is 6.54 Å². The predicted octanol–water partition coefficient (Wildman–Crippen LogP) is 5.35. The monoisotopic (exact) mass is 491 g/mol.